The Labute approximate surface area is 98.7 Å². The van der Waals surface area contributed by atoms with E-state index < -0.39 is 0 Å². The van der Waals surface area contributed by atoms with Crippen molar-refractivity contribution in [2.24, 2.45) is 0 Å². The minimum atomic E-state index is 0.687. The van der Waals surface area contributed by atoms with Crippen LogP contribution in [0.4, 0.5) is 0 Å². The lowest BCUT2D eigenvalue weighted by Crippen LogP contribution is -2.29. The van der Waals surface area contributed by atoms with Gasteiger partial charge in [-0.25, -0.2) is 0 Å². The van der Waals surface area contributed by atoms with Gasteiger partial charge in [0.25, 0.3) is 0 Å². The molecule has 2 nitrogen and oxygen atoms in total. The van der Waals surface area contributed by atoms with Crippen LogP contribution in [-0.2, 0) is 6.54 Å². The highest BCUT2D eigenvalue weighted by Crippen LogP contribution is 2.15. The minimum Gasteiger partial charge on any atom is -0.316 e. The highest BCUT2D eigenvalue weighted by atomic mass is 15.2. The van der Waals surface area contributed by atoms with Gasteiger partial charge in [0.15, 0.2) is 0 Å². The Hall–Kier alpha value is -0.860. The zero-order valence-corrected chi connectivity index (χ0v) is 10.6. The number of likely N-dealkylation sites (N-methyl/N-ethyl adjacent to an activating group) is 1. The molecule has 2 heteroatoms. The van der Waals surface area contributed by atoms with Gasteiger partial charge in [0.05, 0.1) is 0 Å². The summed E-state index contributed by atoms with van der Waals surface area (Å²) in [6.45, 7) is 7.87. The zero-order valence-electron chi connectivity index (χ0n) is 10.6. The van der Waals surface area contributed by atoms with Crippen molar-refractivity contribution in [2.75, 3.05) is 20.1 Å². The molecule has 0 saturated carbocycles. The predicted molar refractivity (Wildman–Crippen MR) is 68.7 cm³/mol. The van der Waals surface area contributed by atoms with Crippen molar-refractivity contribution >= 4 is 0 Å². The van der Waals surface area contributed by atoms with Crippen LogP contribution >= 0.6 is 0 Å². The van der Waals surface area contributed by atoms with Crippen LogP contribution in [-0.4, -0.2) is 31.1 Å². The van der Waals surface area contributed by atoms with E-state index in [0.717, 1.165) is 6.54 Å². The molecule has 1 unspecified atom stereocenters. The number of hydrogen-bond acceptors (Lipinski definition) is 2. The van der Waals surface area contributed by atoms with E-state index in [0.29, 0.717) is 6.04 Å². The number of aryl methyl sites for hydroxylation is 2. The molecule has 1 saturated heterocycles. The van der Waals surface area contributed by atoms with Crippen molar-refractivity contribution in [1.29, 1.82) is 0 Å². The van der Waals surface area contributed by atoms with Gasteiger partial charge in [0, 0.05) is 25.7 Å². The predicted octanol–water partition coefficient (Wildman–Crippen LogP) is 2.10. The largest absolute Gasteiger partial charge is 0.316 e. The molecule has 1 aromatic rings. The Balaban J connectivity index is 1.97. The van der Waals surface area contributed by atoms with Gasteiger partial charge in [0.1, 0.15) is 0 Å². The topological polar surface area (TPSA) is 15.3 Å². The van der Waals surface area contributed by atoms with Gasteiger partial charge in [-0.2, -0.15) is 0 Å². The van der Waals surface area contributed by atoms with E-state index >= 15 is 0 Å². The molecule has 0 radical (unpaired) electrons. The Morgan fingerprint density at radius 3 is 2.75 bits per heavy atom. The van der Waals surface area contributed by atoms with E-state index in [1.165, 1.54) is 36.2 Å². The lowest BCUT2D eigenvalue weighted by atomic mass is 10.1. The van der Waals surface area contributed by atoms with Gasteiger partial charge < -0.3 is 5.32 Å². The van der Waals surface area contributed by atoms with Crippen LogP contribution in [0.15, 0.2) is 18.2 Å². The lowest BCUT2D eigenvalue weighted by Gasteiger charge is -2.16. The standard InChI is InChI=1S/C14H22N2/c1-11-4-5-13(8-12(11)2)9-16-7-6-14(10-16)15-3/h4-5,8,14-15H,6-7,9-10H2,1-3H3. The smallest absolute Gasteiger partial charge is 0.0234 e. The van der Waals surface area contributed by atoms with Gasteiger partial charge in [-0.15, -0.1) is 0 Å². The number of rotatable bonds is 3. The van der Waals surface area contributed by atoms with Gasteiger partial charge in [-0.1, -0.05) is 18.2 Å². The van der Waals surface area contributed by atoms with Crippen molar-refractivity contribution in [2.45, 2.75) is 32.9 Å². The molecule has 1 aliphatic heterocycles. The molecule has 0 aliphatic carbocycles. The molecule has 1 atom stereocenters. The van der Waals surface area contributed by atoms with Crippen molar-refractivity contribution < 1.29 is 0 Å². The molecule has 1 fully saturated rings. The number of nitrogens with one attached hydrogen (secondary N) is 1. The summed E-state index contributed by atoms with van der Waals surface area (Å²) >= 11 is 0. The van der Waals surface area contributed by atoms with Crippen LogP contribution in [0.5, 0.6) is 0 Å². The van der Waals surface area contributed by atoms with E-state index in [2.05, 4.69) is 49.3 Å². The first-order chi connectivity index (χ1) is 7.69. The molecule has 0 spiro atoms. The summed E-state index contributed by atoms with van der Waals surface area (Å²) in [6.07, 6.45) is 1.28. The zero-order chi connectivity index (χ0) is 11.5. The average Bonchev–Trinajstić information content (AvgIpc) is 2.71. The number of hydrogen-bond donors (Lipinski definition) is 1. The molecule has 0 amide bonds. The number of nitrogens with zero attached hydrogens (tertiary/aromatic N) is 1. The first-order valence-electron chi connectivity index (χ1n) is 6.15. The third-order valence-corrected chi connectivity index (χ3v) is 3.66. The fourth-order valence-corrected chi connectivity index (χ4v) is 2.37. The van der Waals surface area contributed by atoms with Crippen molar-refractivity contribution in [3.8, 4) is 0 Å². The molecule has 0 bridgehead atoms. The number of benzene rings is 1. The van der Waals surface area contributed by atoms with Crippen LogP contribution in [0.25, 0.3) is 0 Å². The summed E-state index contributed by atoms with van der Waals surface area (Å²) in [6, 6.07) is 7.50. The first-order valence-corrected chi connectivity index (χ1v) is 6.15. The van der Waals surface area contributed by atoms with Gasteiger partial charge in [-0.05, 0) is 44.0 Å². The van der Waals surface area contributed by atoms with Crippen LogP contribution in [0, 0.1) is 13.8 Å². The minimum absolute atomic E-state index is 0.687. The maximum atomic E-state index is 3.36. The molecule has 1 aromatic carbocycles. The van der Waals surface area contributed by atoms with Gasteiger partial charge in [0.2, 0.25) is 0 Å². The lowest BCUT2D eigenvalue weighted by molar-refractivity contribution is 0.322. The molecule has 2 rings (SSSR count). The summed E-state index contributed by atoms with van der Waals surface area (Å²) in [5, 5.41) is 3.36. The van der Waals surface area contributed by atoms with Crippen LogP contribution < -0.4 is 5.32 Å². The van der Waals surface area contributed by atoms with Crippen molar-refractivity contribution in [3.05, 3.63) is 34.9 Å². The SMILES string of the molecule is CNC1CCN(Cc2ccc(C)c(C)c2)C1. The average molecular weight is 218 g/mol. The van der Waals surface area contributed by atoms with Crippen molar-refractivity contribution in [1.82, 2.24) is 10.2 Å². The van der Waals surface area contributed by atoms with E-state index in [-0.39, 0.29) is 0 Å². The Kier molecular flexibility index (Phi) is 3.62. The third kappa shape index (κ3) is 2.63. The highest BCUT2D eigenvalue weighted by Gasteiger charge is 2.20. The van der Waals surface area contributed by atoms with Crippen LogP contribution in [0.1, 0.15) is 23.1 Å². The molecular weight excluding hydrogens is 196 g/mol. The summed E-state index contributed by atoms with van der Waals surface area (Å²) in [7, 11) is 2.06. The fourth-order valence-electron chi connectivity index (χ4n) is 2.37. The molecule has 1 N–H and O–H groups in total. The summed E-state index contributed by atoms with van der Waals surface area (Å²) in [5.74, 6) is 0. The molecule has 1 heterocycles. The third-order valence-electron chi connectivity index (χ3n) is 3.66. The fraction of sp³-hybridized carbons (Fsp3) is 0.571. The normalized spacial score (nSPS) is 21.6. The van der Waals surface area contributed by atoms with Crippen molar-refractivity contribution in [3.63, 3.8) is 0 Å². The van der Waals surface area contributed by atoms with Gasteiger partial charge >= 0.3 is 0 Å². The second kappa shape index (κ2) is 4.98. The quantitative estimate of drug-likeness (QED) is 0.836. The maximum Gasteiger partial charge on any atom is 0.0234 e. The van der Waals surface area contributed by atoms with E-state index in [9.17, 15) is 0 Å². The Morgan fingerprint density at radius 2 is 2.12 bits per heavy atom. The second-order valence-electron chi connectivity index (χ2n) is 4.93. The van der Waals surface area contributed by atoms with Gasteiger partial charge in [-0.3, -0.25) is 4.90 Å². The molecule has 88 valence electrons. The Bertz CT molecular complexity index is 360. The highest BCUT2D eigenvalue weighted by molar-refractivity contribution is 5.29. The molecular formula is C14H22N2. The van der Waals surface area contributed by atoms with Crippen LogP contribution in [0.2, 0.25) is 0 Å². The Morgan fingerprint density at radius 1 is 1.31 bits per heavy atom. The monoisotopic (exact) mass is 218 g/mol. The number of likely N-dealkylation sites (tertiary alicyclic amines) is 1. The maximum absolute atomic E-state index is 3.36. The molecule has 1 aliphatic rings. The second-order valence-corrected chi connectivity index (χ2v) is 4.93. The van der Waals surface area contributed by atoms with E-state index in [1.54, 1.807) is 0 Å². The van der Waals surface area contributed by atoms with Crippen LogP contribution in [0.3, 0.4) is 0 Å². The molecule has 0 aromatic heterocycles. The van der Waals surface area contributed by atoms with E-state index in [1.807, 2.05) is 0 Å². The van der Waals surface area contributed by atoms with E-state index in [4.69, 9.17) is 0 Å². The summed E-state index contributed by atoms with van der Waals surface area (Å²) in [4.78, 5) is 2.53. The first kappa shape index (κ1) is 11.6. The summed E-state index contributed by atoms with van der Waals surface area (Å²) in [5.41, 5.74) is 4.24. The molecule has 16 heavy (non-hydrogen) atoms. The summed E-state index contributed by atoms with van der Waals surface area (Å²) < 4.78 is 0.